The molecule has 0 saturated heterocycles. The molecule has 13 heavy (non-hydrogen) atoms. The summed E-state index contributed by atoms with van der Waals surface area (Å²) in [5.74, 6) is 2.47. The average molecular weight is 176 g/mol. The van der Waals surface area contributed by atoms with Gasteiger partial charge in [-0.15, -0.1) is 6.42 Å². The predicted octanol–water partition coefficient (Wildman–Crippen LogP) is 3.04. The molecule has 0 amide bonds. The molecule has 0 nitrogen and oxygen atoms in total. The first-order valence-corrected chi connectivity index (χ1v) is 4.22. The Morgan fingerprint density at radius 3 is 2.54 bits per heavy atom. The van der Waals surface area contributed by atoms with Gasteiger partial charge < -0.3 is 0 Å². The highest BCUT2D eigenvalue weighted by atomic mass is 19.1. The minimum absolute atomic E-state index is 0.194. The van der Waals surface area contributed by atoms with Gasteiger partial charge >= 0.3 is 0 Å². The molecule has 0 aliphatic rings. The van der Waals surface area contributed by atoms with Crippen LogP contribution in [0.4, 0.5) is 4.39 Å². The molecule has 0 aliphatic heterocycles. The van der Waals surface area contributed by atoms with Crippen molar-refractivity contribution in [1.29, 1.82) is 0 Å². The van der Waals surface area contributed by atoms with Crippen LogP contribution in [0.2, 0.25) is 0 Å². The van der Waals surface area contributed by atoms with E-state index in [0.717, 1.165) is 5.56 Å². The fourth-order valence-corrected chi connectivity index (χ4v) is 1.36. The lowest BCUT2D eigenvalue weighted by atomic mass is 9.83. The van der Waals surface area contributed by atoms with Gasteiger partial charge in [0.2, 0.25) is 0 Å². The number of terminal acetylenes is 1. The molecule has 0 heterocycles. The van der Waals surface area contributed by atoms with Gasteiger partial charge in [-0.1, -0.05) is 18.1 Å². The monoisotopic (exact) mass is 176 g/mol. The Hall–Kier alpha value is -1.29. The lowest BCUT2D eigenvalue weighted by Gasteiger charge is -2.20. The van der Waals surface area contributed by atoms with Crippen molar-refractivity contribution in [3.8, 4) is 12.3 Å². The molecule has 1 aromatic rings. The first-order valence-electron chi connectivity index (χ1n) is 4.22. The molecule has 0 saturated carbocycles. The maximum atomic E-state index is 13.2. The highest BCUT2D eigenvalue weighted by molar-refractivity contribution is 5.38. The third-order valence-electron chi connectivity index (χ3n) is 2.30. The maximum absolute atomic E-state index is 13.2. The van der Waals surface area contributed by atoms with Crippen molar-refractivity contribution in [2.24, 2.45) is 0 Å². The first kappa shape index (κ1) is 9.80. The Morgan fingerprint density at radius 2 is 2.00 bits per heavy atom. The average Bonchev–Trinajstić information content (AvgIpc) is 2.09. The summed E-state index contributed by atoms with van der Waals surface area (Å²) in [4.78, 5) is 0. The van der Waals surface area contributed by atoms with Crippen molar-refractivity contribution < 1.29 is 4.39 Å². The van der Waals surface area contributed by atoms with Gasteiger partial charge in [0, 0.05) is 0 Å². The Bertz CT molecular complexity index is 356. The lowest BCUT2D eigenvalue weighted by molar-refractivity contribution is 0.602. The molecule has 0 bridgehead atoms. The Labute approximate surface area is 78.8 Å². The quantitative estimate of drug-likeness (QED) is 0.577. The molecule has 0 aromatic heterocycles. The standard InChI is InChI=1S/C12H13F/c1-5-12(3,4)10-7-6-8-11(13)9(10)2/h1,6-8H,2-4H3. The molecule has 0 aliphatic carbocycles. The molecule has 0 N–H and O–H groups in total. The Balaban J connectivity index is 3.33. The van der Waals surface area contributed by atoms with Crippen molar-refractivity contribution in [3.05, 3.63) is 35.1 Å². The Morgan fingerprint density at radius 1 is 1.38 bits per heavy atom. The van der Waals surface area contributed by atoms with E-state index in [-0.39, 0.29) is 5.82 Å². The van der Waals surface area contributed by atoms with E-state index in [2.05, 4.69) is 5.92 Å². The summed E-state index contributed by atoms with van der Waals surface area (Å²) in [6.45, 7) is 5.58. The largest absolute Gasteiger partial charge is 0.207 e. The van der Waals surface area contributed by atoms with Gasteiger partial charge in [-0.2, -0.15) is 0 Å². The van der Waals surface area contributed by atoms with Crippen molar-refractivity contribution in [2.45, 2.75) is 26.2 Å². The molecule has 68 valence electrons. The van der Waals surface area contributed by atoms with Crippen LogP contribution in [0.1, 0.15) is 25.0 Å². The van der Waals surface area contributed by atoms with Crippen LogP contribution < -0.4 is 0 Å². The summed E-state index contributed by atoms with van der Waals surface area (Å²) in [6.07, 6.45) is 5.38. The molecule has 0 fully saturated rings. The van der Waals surface area contributed by atoms with Gasteiger partial charge in [-0.25, -0.2) is 4.39 Å². The summed E-state index contributed by atoms with van der Waals surface area (Å²) < 4.78 is 13.2. The van der Waals surface area contributed by atoms with Gasteiger partial charge in [0.15, 0.2) is 0 Å². The van der Waals surface area contributed by atoms with E-state index in [9.17, 15) is 4.39 Å². The van der Waals surface area contributed by atoms with Gasteiger partial charge in [0.1, 0.15) is 5.82 Å². The van der Waals surface area contributed by atoms with Gasteiger partial charge in [0.25, 0.3) is 0 Å². The van der Waals surface area contributed by atoms with Crippen LogP contribution in [0.15, 0.2) is 18.2 Å². The Kier molecular flexibility index (Phi) is 2.43. The molecule has 0 unspecified atom stereocenters. The third-order valence-corrected chi connectivity index (χ3v) is 2.30. The fourth-order valence-electron chi connectivity index (χ4n) is 1.36. The molecule has 1 heteroatoms. The highest BCUT2D eigenvalue weighted by Gasteiger charge is 2.20. The third kappa shape index (κ3) is 1.72. The zero-order valence-corrected chi connectivity index (χ0v) is 8.19. The molecule has 0 atom stereocenters. The minimum atomic E-state index is -0.397. The van der Waals surface area contributed by atoms with Crippen LogP contribution in [0.25, 0.3) is 0 Å². The number of rotatable bonds is 1. The second-order valence-corrected chi connectivity index (χ2v) is 3.68. The van der Waals surface area contributed by atoms with E-state index in [4.69, 9.17) is 6.42 Å². The SMILES string of the molecule is C#CC(C)(C)c1cccc(F)c1C. The van der Waals surface area contributed by atoms with Gasteiger partial charge in [-0.3, -0.25) is 0 Å². The van der Waals surface area contributed by atoms with E-state index in [1.165, 1.54) is 6.07 Å². The number of hydrogen-bond donors (Lipinski definition) is 0. The van der Waals surface area contributed by atoms with E-state index in [1.807, 2.05) is 19.9 Å². The zero-order valence-electron chi connectivity index (χ0n) is 8.19. The van der Waals surface area contributed by atoms with E-state index < -0.39 is 5.41 Å². The second kappa shape index (κ2) is 3.22. The summed E-state index contributed by atoms with van der Waals surface area (Å²) >= 11 is 0. The van der Waals surface area contributed by atoms with Crippen LogP contribution in [-0.2, 0) is 5.41 Å². The smallest absolute Gasteiger partial charge is 0.126 e. The van der Waals surface area contributed by atoms with E-state index in [1.54, 1.807) is 13.0 Å². The van der Waals surface area contributed by atoms with E-state index in [0.29, 0.717) is 5.56 Å². The summed E-state index contributed by atoms with van der Waals surface area (Å²) in [5, 5.41) is 0. The molecule has 1 rings (SSSR count). The number of halogens is 1. The van der Waals surface area contributed by atoms with Crippen molar-refractivity contribution in [3.63, 3.8) is 0 Å². The lowest BCUT2D eigenvalue weighted by Crippen LogP contribution is -2.16. The molecule has 1 aromatic carbocycles. The van der Waals surface area contributed by atoms with Crippen molar-refractivity contribution in [1.82, 2.24) is 0 Å². The van der Waals surface area contributed by atoms with Crippen molar-refractivity contribution >= 4 is 0 Å². The molecular formula is C12H13F. The topological polar surface area (TPSA) is 0 Å². The van der Waals surface area contributed by atoms with Crippen LogP contribution in [0.3, 0.4) is 0 Å². The number of benzene rings is 1. The van der Waals surface area contributed by atoms with Crippen LogP contribution in [-0.4, -0.2) is 0 Å². The summed E-state index contributed by atoms with van der Waals surface area (Å²) in [7, 11) is 0. The van der Waals surface area contributed by atoms with Crippen LogP contribution in [0.5, 0.6) is 0 Å². The van der Waals surface area contributed by atoms with Crippen molar-refractivity contribution in [2.75, 3.05) is 0 Å². The van der Waals surface area contributed by atoms with Gasteiger partial charge in [-0.05, 0) is 38.0 Å². The van der Waals surface area contributed by atoms with E-state index >= 15 is 0 Å². The van der Waals surface area contributed by atoms with Gasteiger partial charge in [0.05, 0.1) is 5.41 Å². The summed E-state index contributed by atoms with van der Waals surface area (Å²) in [5.41, 5.74) is 1.13. The number of hydrogen-bond acceptors (Lipinski definition) is 0. The van der Waals surface area contributed by atoms with Crippen LogP contribution in [0, 0.1) is 25.1 Å². The molecule has 0 radical (unpaired) electrons. The zero-order chi connectivity index (χ0) is 10.1. The maximum Gasteiger partial charge on any atom is 0.126 e. The second-order valence-electron chi connectivity index (χ2n) is 3.68. The highest BCUT2D eigenvalue weighted by Crippen LogP contribution is 2.26. The molecule has 0 spiro atoms. The minimum Gasteiger partial charge on any atom is -0.207 e. The normalized spacial score (nSPS) is 11.0. The fraction of sp³-hybridized carbons (Fsp3) is 0.333. The molecular weight excluding hydrogens is 163 g/mol. The summed E-state index contributed by atoms with van der Waals surface area (Å²) in [6, 6.07) is 5.01. The first-order chi connectivity index (χ1) is 5.99. The predicted molar refractivity (Wildman–Crippen MR) is 53.0 cm³/mol. The van der Waals surface area contributed by atoms with Crippen LogP contribution >= 0.6 is 0 Å².